The van der Waals surface area contributed by atoms with E-state index in [-0.39, 0.29) is 12.2 Å². The second-order valence-electron chi connectivity index (χ2n) is 4.13. The molecule has 3 rings (SSSR count). The summed E-state index contributed by atoms with van der Waals surface area (Å²) in [5, 5.41) is 11.6. The predicted molar refractivity (Wildman–Crippen MR) is 63.0 cm³/mol. The molecule has 0 bridgehead atoms. The Morgan fingerprint density at radius 3 is 3.06 bits per heavy atom. The van der Waals surface area contributed by atoms with Gasteiger partial charge in [0, 0.05) is 6.42 Å². The highest BCUT2D eigenvalue weighted by Crippen LogP contribution is 2.43. The fourth-order valence-electron chi connectivity index (χ4n) is 1.93. The number of thiophene rings is 1. The fourth-order valence-corrected chi connectivity index (χ4v) is 2.97. The molecule has 5 heteroatoms. The average Bonchev–Trinajstić information content (AvgIpc) is 3.00. The van der Waals surface area contributed by atoms with Crippen molar-refractivity contribution in [2.45, 2.75) is 25.2 Å². The van der Waals surface area contributed by atoms with E-state index in [4.69, 9.17) is 5.11 Å². The molecule has 84 valence electrons. The highest BCUT2D eigenvalue weighted by molar-refractivity contribution is 7.16. The molecule has 1 fully saturated rings. The van der Waals surface area contributed by atoms with E-state index >= 15 is 0 Å². The zero-order valence-corrected chi connectivity index (χ0v) is 9.51. The van der Waals surface area contributed by atoms with E-state index in [1.807, 2.05) is 5.38 Å². The summed E-state index contributed by atoms with van der Waals surface area (Å²) in [5.41, 5.74) is 1.10. The number of hydrogen-bond donors (Lipinski definition) is 2. The summed E-state index contributed by atoms with van der Waals surface area (Å²) in [6.45, 7) is 0.00923. The Hall–Kier alpha value is -1.20. The average molecular weight is 236 g/mol. The molecule has 0 saturated heterocycles. The van der Waals surface area contributed by atoms with E-state index in [1.54, 1.807) is 0 Å². The normalized spacial score (nSPS) is 15.8. The molecule has 16 heavy (non-hydrogen) atoms. The predicted octanol–water partition coefficient (Wildman–Crippen LogP) is 1.40. The highest BCUT2D eigenvalue weighted by Gasteiger charge is 2.27. The van der Waals surface area contributed by atoms with Gasteiger partial charge in [-0.2, -0.15) is 0 Å². The molecule has 2 N–H and O–H groups in total. The van der Waals surface area contributed by atoms with Crippen LogP contribution in [0.25, 0.3) is 10.2 Å². The van der Waals surface area contributed by atoms with Gasteiger partial charge in [0.05, 0.1) is 12.0 Å². The fraction of sp³-hybridized carbons (Fsp3) is 0.455. The van der Waals surface area contributed by atoms with Crippen molar-refractivity contribution in [3.63, 3.8) is 0 Å². The number of rotatable bonds is 3. The van der Waals surface area contributed by atoms with E-state index in [2.05, 4.69) is 9.97 Å². The molecule has 2 aromatic rings. The number of aliphatic hydroxyl groups excluding tert-OH is 1. The van der Waals surface area contributed by atoms with Crippen molar-refractivity contribution >= 4 is 21.6 Å². The molecule has 0 amide bonds. The van der Waals surface area contributed by atoms with Gasteiger partial charge in [0.25, 0.3) is 5.56 Å². The Morgan fingerprint density at radius 2 is 2.38 bits per heavy atom. The Bertz CT molecular complexity index is 583. The molecule has 1 aliphatic carbocycles. The maximum atomic E-state index is 11.9. The van der Waals surface area contributed by atoms with Crippen LogP contribution < -0.4 is 5.56 Å². The second kappa shape index (κ2) is 3.68. The van der Waals surface area contributed by atoms with Gasteiger partial charge in [0.1, 0.15) is 10.7 Å². The van der Waals surface area contributed by atoms with E-state index in [0.717, 1.165) is 15.8 Å². The summed E-state index contributed by atoms with van der Waals surface area (Å²) in [6.07, 6.45) is 2.77. The number of aromatic amines is 1. The topological polar surface area (TPSA) is 66.0 Å². The summed E-state index contributed by atoms with van der Waals surface area (Å²) < 4.78 is 0. The monoisotopic (exact) mass is 236 g/mol. The first-order valence-corrected chi connectivity index (χ1v) is 6.28. The van der Waals surface area contributed by atoms with E-state index in [1.165, 1.54) is 24.2 Å². The SMILES string of the molecule is O=c1[nH]c(CCO)nc2scc(C3CC3)c12. The molecule has 0 spiro atoms. The van der Waals surface area contributed by atoms with E-state index in [0.29, 0.717) is 18.2 Å². The molecule has 0 unspecified atom stereocenters. The van der Waals surface area contributed by atoms with Gasteiger partial charge in [-0.25, -0.2) is 4.98 Å². The van der Waals surface area contributed by atoms with Crippen molar-refractivity contribution in [3.05, 3.63) is 27.1 Å². The van der Waals surface area contributed by atoms with Gasteiger partial charge in [0.15, 0.2) is 0 Å². The van der Waals surface area contributed by atoms with Crippen LogP contribution >= 0.6 is 11.3 Å². The molecule has 0 radical (unpaired) electrons. The summed E-state index contributed by atoms with van der Waals surface area (Å²) in [5.74, 6) is 1.14. The minimum Gasteiger partial charge on any atom is -0.396 e. The third kappa shape index (κ3) is 1.56. The number of hydrogen-bond acceptors (Lipinski definition) is 4. The number of H-pyrrole nitrogens is 1. The van der Waals surface area contributed by atoms with Gasteiger partial charge in [-0.05, 0) is 29.7 Å². The Kier molecular flexibility index (Phi) is 2.29. The molecule has 0 atom stereocenters. The Morgan fingerprint density at radius 1 is 1.56 bits per heavy atom. The lowest BCUT2D eigenvalue weighted by Gasteiger charge is -1.98. The molecule has 2 heterocycles. The molecular formula is C11H12N2O2S. The Balaban J connectivity index is 2.18. The zero-order valence-electron chi connectivity index (χ0n) is 8.69. The van der Waals surface area contributed by atoms with E-state index < -0.39 is 0 Å². The van der Waals surface area contributed by atoms with Crippen LogP contribution in [0.4, 0.5) is 0 Å². The standard InChI is InChI=1S/C11H12N2O2S/c14-4-3-8-12-10(15)9-7(6-1-2-6)5-16-11(9)13-8/h5-6,14H,1-4H2,(H,12,13,15). The van der Waals surface area contributed by atoms with Crippen molar-refractivity contribution < 1.29 is 5.11 Å². The van der Waals surface area contributed by atoms with Crippen LogP contribution in [0.2, 0.25) is 0 Å². The summed E-state index contributed by atoms with van der Waals surface area (Å²) in [6, 6.07) is 0. The number of nitrogens with one attached hydrogen (secondary N) is 1. The van der Waals surface area contributed by atoms with Crippen LogP contribution in [0.1, 0.15) is 30.1 Å². The molecule has 1 aliphatic rings. The zero-order chi connectivity index (χ0) is 11.1. The lowest BCUT2D eigenvalue weighted by molar-refractivity contribution is 0.296. The number of nitrogens with zero attached hydrogens (tertiary/aromatic N) is 1. The third-order valence-electron chi connectivity index (χ3n) is 2.89. The molecule has 4 nitrogen and oxygen atoms in total. The van der Waals surface area contributed by atoms with Crippen LogP contribution in [-0.2, 0) is 6.42 Å². The summed E-state index contributed by atoms with van der Waals surface area (Å²) in [7, 11) is 0. The number of aromatic nitrogens is 2. The maximum Gasteiger partial charge on any atom is 0.259 e. The van der Waals surface area contributed by atoms with Gasteiger partial charge < -0.3 is 10.1 Å². The lowest BCUT2D eigenvalue weighted by atomic mass is 10.1. The van der Waals surface area contributed by atoms with Crippen molar-refractivity contribution in [2.24, 2.45) is 0 Å². The van der Waals surface area contributed by atoms with Crippen molar-refractivity contribution in [2.75, 3.05) is 6.61 Å². The third-order valence-corrected chi connectivity index (χ3v) is 3.78. The van der Waals surface area contributed by atoms with Crippen molar-refractivity contribution in [1.82, 2.24) is 9.97 Å². The van der Waals surface area contributed by atoms with Crippen molar-refractivity contribution in [3.8, 4) is 0 Å². The summed E-state index contributed by atoms with van der Waals surface area (Å²) >= 11 is 1.52. The molecule has 1 saturated carbocycles. The molecule has 0 aliphatic heterocycles. The Labute approximate surface area is 96.0 Å². The van der Waals surface area contributed by atoms with Gasteiger partial charge >= 0.3 is 0 Å². The van der Waals surface area contributed by atoms with Gasteiger partial charge in [-0.1, -0.05) is 0 Å². The maximum absolute atomic E-state index is 11.9. The first-order chi connectivity index (χ1) is 7.79. The van der Waals surface area contributed by atoms with Crippen molar-refractivity contribution in [1.29, 1.82) is 0 Å². The van der Waals surface area contributed by atoms with Crippen LogP contribution in [0.15, 0.2) is 10.2 Å². The first-order valence-electron chi connectivity index (χ1n) is 5.40. The lowest BCUT2D eigenvalue weighted by Crippen LogP contribution is -2.12. The summed E-state index contributed by atoms with van der Waals surface area (Å²) in [4.78, 5) is 19.8. The van der Waals surface area contributed by atoms with Crippen LogP contribution in [0, 0.1) is 0 Å². The van der Waals surface area contributed by atoms with E-state index in [9.17, 15) is 4.79 Å². The van der Waals surface area contributed by atoms with Crippen LogP contribution in [0.3, 0.4) is 0 Å². The molecule has 0 aromatic carbocycles. The van der Waals surface area contributed by atoms with Gasteiger partial charge in [-0.3, -0.25) is 4.79 Å². The van der Waals surface area contributed by atoms with Crippen LogP contribution in [0.5, 0.6) is 0 Å². The van der Waals surface area contributed by atoms with Crippen LogP contribution in [-0.4, -0.2) is 21.7 Å². The largest absolute Gasteiger partial charge is 0.396 e. The molecule has 2 aromatic heterocycles. The highest BCUT2D eigenvalue weighted by atomic mass is 32.1. The van der Waals surface area contributed by atoms with Gasteiger partial charge in [-0.15, -0.1) is 11.3 Å². The number of fused-ring (bicyclic) bond motifs is 1. The second-order valence-corrected chi connectivity index (χ2v) is 4.99. The minimum atomic E-state index is -0.0587. The smallest absolute Gasteiger partial charge is 0.259 e. The first kappa shape index (κ1) is 9.99. The number of aliphatic hydroxyl groups is 1. The minimum absolute atomic E-state index is 0.00923. The van der Waals surface area contributed by atoms with Gasteiger partial charge in [0.2, 0.25) is 0 Å². The molecular weight excluding hydrogens is 224 g/mol. The quantitative estimate of drug-likeness (QED) is 0.846.